The van der Waals surface area contributed by atoms with Gasteiger partial charge < -0.3 is 11.1 Å². The van der Waals surface area contributed by atoms with Crippen molar-refractivity contribution in [2.75, 3.05) is 6.54 Å². The predicted molar refractivity (Wildman–Crippen MR) is 73.4 cm³/mol. The lowest BCUT2D eigenvalue weighted by molar-refractivity contribution is -0.123. The molecule has 1 aromatic carbocycles. The molecule has 0 aromatic heterocycles. The number of nitrogens with one attached hydrogen (secondary N) is 1. The second-order valence-corrected chi connectivity index (χ2v) is 5.66. The van der Waals surface area contributed by atoms with E-state index < -0.39 is 5.54 Å². The summed E-state index contributed by atoms with van der Waals surface area (Å²) in [4.78, 5) is 11.3. The first kappa shape index (κ1) is 13.1. The smallest absolute Gasteiger partial charge is 0.237 e. The Morgan fingerprint density at radius 1 is 1.44 bits per heavy atom. The number of fused-ring (bicyclic) bond motifs is 1. The number of carbonyl (C=O) groups excluding carboxylic acids is 1. The van der Waals surface area contributed by atoms with Gasteiger partial charge in [-0.3, -0.25) is 4.79 Å². The van der Waals surface area contributed by atoms with Crippen molar-refractivity contribution in [3.05, 3.63) is 35.4 Å². The monoisotopic (exact) mass is 246 g/mol. The van der Waals surface area contributed by atoms with Crippen molar-refractivity contribution in [3.8, 4) is 0 Å². The van der Waals surface area contributed by atoms with E-state index in [1.54, 1.807) is 0 Å². The zero-order chi connectivity index (χ0) is 13.2. The van der Waals surface area contributed by atoms with Crippen molar-refractivity contribution in [2.45, 2.75) is 44.6 Å². The highest BCUT2D eigenvalue weighted by Crippen LogP contribution is 2.31. The number of primary amides is 1. The quantitative estimate of drug-likeness (QED) is 0.853. The number of aryl methyl sites for hydroxylation is 1. The molecule has 0 bridgehead atoms. The van der Waals surface area contributed by atoms with E-state index in [0.717, 1.165) is 6.54 Å². The van der Waals surface area contributed by atoms with Crippen molar-refractivity contribution >= 4 is 5.91 Å². The molecule has 1 aromatic rings. The summed E-state index contributed by atoms with van der Waals surface area (Å²) in [5.41, 5.74) is 7.63. The summed E-state index contributed by atoms with van der Waals surface area (Å²) >= 11 is 0. The van der Waals surface area contributed by atoms with E-state index in [0.29, 0.717) is 5.92 Å². The van der Waals surface area contributed by atoms with Crippen LogP contribution >= 0.6 is 0 Å². The van der Waals surface area contributed by atoms with Crippen LogP contribution in [0.4, 0.5) is 0 Å². The standard InChI is InChI=1S/C15H22N2O/c1-15(2,14(16)18)17-10-12-8-5-7-11-6-3-4-9-13(11)12/h3-4,6,9,12,17H,5,7-8,10H2,1-2H3,(H2,16,18). The molecule has 0 radical (unpaired) electrons. The fourth-order valence-corrected chi connectivity index (χ4v) is 2.53. The average molecular weight is 246 g/mol. The number of carbonyl (C=O) groups is 1. The summed E-state index contributed by atoms with van der Waals surface area (Å²) in [7, 11) is 0. The Bertz CT molecular complexity index is 440. The maximum absolute atomic E-state index is 11.3. The Hall–Kier alpha value is -1.35. The van der Waals surface area contributed by atoms with Gasteiger partial charge in [0, 0.05) is 6.54 Å². The molecule has 0 spiro atoms. The van der Waals surface area contributed by atoms with E-state index in [-0.39, 0.29) is 5.91 Å². The Morgan fingerprint density at radius 3 is 2.89 bits per heavy atom. The molecule has 0 aliphatic heterocycles. The first-order valence-electron chi connectivity index (χ1n) is 6.63. The van der Waals surface area contributed by atoms with Gasteiger partial charge in [0.15, 0.2) is 0 Å². The molecule has 1 aliphatic rings. The van der Waals surface area contributed by atoms with Crippen molar-refractivity contribution in [3.63, 3.8) is 0 Å². The third-order valence-corrected chi connectivity index (χ3v) is 3.90. The fraction of sp³-hybridized carbons (Fsp3) is 0.533. The zero-order valence-corrected chi connectivity index (χ0v) is 11.2. The number of rotatable bonds is 4. The van der Waals surface area contributed by atoms with Gasteiger partial charge in [-0.2, -0.15) is 0 Å². The maximum atomic E-state index is 11.3. The third-order valence-electron chi connectivity index (χ3n) is 3.90. The summed E-state index contributed by atoms with van der Waals surface area (Å²) in [6.07, 6.45) is 3.57. The van der Waals surface area contributed by atoms with Gasteiger partial charge in [0.05, 0.1) is 5.54 Å². The minimum atomic E-state index is -0.633. The zero-order valence-electron chi connectivity index (χ0n) is 11.2. The molecule has 1 unspecified atom stereocenters. The highest BCUT2D eigenvalue weighted by molar-refractivity contribution is 5.83. The molecule has 3 nitrogen and oxygen atoms in total. The second kappa shape index (κ2) is 5.11. The fourth-order valence-electron chi connectivity index (χ4n) is 2.53. The van der Waals surface area contributed by atoms with Crippen molar-refractivity contribution < 1.29 is 4.79 Å². The van der Waals surface area contributed by atoms with Crippen LogP contribution in [0.1, 0.15) is 43.7 Å². The van der Waals surface area contributed by atoms with Gasteiger partial charge in [-0.25, -0.2) is 0 Å². The molecular weight excluding hydrogens is 224 g/mol. The van der Waals surface area contributed by atoms with E-state index >= 15 is 0 Å². The number of hydrogen-bond donors (Lipinski definition) is 2. The maximum Gasteiger partial charge on any atom is 0.237 e. The van der Waals surface area contributed by atoms with Crippen molar-refractivity contribution in [1.82, 2.24) is 5.32 Å². The minimum Gasteiger partial charge on any atom is -0.368 e. The number of hydrogen-bond acceptors (Lipinski definition) is 2. The van der Waals surface area contributed by atoms with Crippen LogP contribution in [-0.4, -0.2) is 18.0 Å². The second-order valence-electron chi connectivity index (χ2n) is 5.66. The van der Waals surface area contributed by atoms with E-state index in [2.05, 4.69) is 29.6 Å². The summed E-state index contributed by atoms with van der Waals surface area (Å²) in [6.45, 7) is 4.49. The van der Waals surface area contributed by atoms with Crippen molar-refractivity contribution in [2.24, 2.45) is 5.73 Å². The Kier molecular flexibility index (Phi) is 3.71. The van der Waals surface area contributed by atoms with Gasteiger partial charge in [-0.15, -0.1) is 0 Å². The van der Waals surface area contributed by atoms with Crippen LogP contribution in [0.3, 0.4) is 0 Å². The SMILES string of the molecule is CC(C)(NCC1CCCc2ccccc21)C(N)=O. The molecule has 1 atom stereocenters. The van der Waals surface area contributed by atoms with E-state index in [1.807, 2.05) is 13.8 Å². The molecule has 0 saturated heterocycles. The van der Waals surface area contributed by atoms with E-state index in [4.69, 9.17) is 5.73 Å². The number of benzene rings is 1. The summed E-state index contributed by atoms with van der Waals surface area (Å²) < 4.78 is 0. The lowest BCUT2D eigenvalue weighted by atomic mass is 9.82. The molecule has 98 valence electrons. The van der Waals surface area contributed by atoms with Gasteiger partial charge in [-0.05, 0) is 50.2 Å². The van der Waals surface area contributed by atoms with Crippen LogP contribution < -0.4 is 11.1 Å². The van der Waals surface area contributed by atoms with Gasteiger partial charge in [0.1, 0.15) is 0 Å². The molecule has 0 fully saturated rings. The normalized spacial score (nSPS) is 19.3. The van der Waals surface area contributed by atoms with Crippen molar-refractivity contribution in [1.29, 1.82) is 0 Å². The Labute approximate surface area is 109 Å². The molecule has 1 aliphatic carbocycles. The van der Waals surface area contributed by atoms with Gasteiger partial charge >= 0.3 is 0 Å². The molecule has 0 saturated carbocycles. The molecule has 2 rings (SSSR count). The third kappa shape index (κ3) is 2.72. The Balaban J connectivity index is 2.06. The molecule has 3 N–H and O–H groups in total. The molecule has 18 heavy (non-hydrogen) atoms. The predicted octanol–water partition coefficient (Wildman–Crippen LogP) is 1.96. The lowest BCUT2D eigenvalue weighted by Gasteiger charge is -2.30. The van der Waals surface area contributed by atoms with E-state index in [1.165, 1.54) is 30.4 Å². The van der Waals surface area contributed by atoms with Crippen LogP contribution in [0.2, 0.25) is 0 Å². The highest BCUT2D eigenvalue weighted by Gasteiger charge is 2.27. The average Bonchev–Trinajstić information content (AvgIpc) is 2.36. The Morgan fingerprint density at radius 2 is 2.17 bits per heavy atom. The first-order chi connectivity index (χ1) is 8.50. The van der Waals surface area contributed by atoms with Crippen LogP contribution in [0.15, 0.2) is 24.3 Å². The lowest BCUT2D eigenvalue weighted by Crippen LogP contribution is -2.51. The molecule has 1 amide bonds. The van der Waals surface area contributed by atoms with Gasteiger partial charge in [-0.1, -0.05) is 24.3 Å². The largest absolute Gasteiger partial charge is 0.368 e. The molecular formula is C15H22N2O. The summed E-state index contributed by atoms with van der Waals surface area (Å²) in [6, 6.07) is 8.61. The summed E-state index contributed by atoms with van der Waals surface area (Å²) in [5.74, 6) is 0.195. The van der Waals surface area contributed by atoms with Gasteiger partial charge in [0.2, 0.25) is 5.91 Å². The minimum absolute atomic E-state index is 0.299. The summed E-state index contributed by atoms with van der Waals surface area (Å²) in [5, 5.41) is 3.29. The molecule has 3 heteroatoms. The molecule has 0 heterocycles. The highest BCUT2D eigenvalue weighted by atomic mass is 16.1. The first-order valence-corrected chi connectivity index (χ1v) is 6.63. The number of nitrogens with two attached hydrogens (primary N) is 1. The van der Waals surface area contributed by atoms with Crippen LogP contribution in [-0.2, 0) is 11.2 Å². The topological polar surface area (TPSA) is 55.1 Å². The number of amides is 1. The van der Waals surface area contributed by atoms with Gasteiger partial charge in [0.25, 0.3) is 0 Å². The van der Waals surface area contributed by atoms with Crippen LogP contribution in [0.5, 0.6) is 0 Å². The van der Waals surface area contributed by atoms with Crippen LogP contribution in [0, 0.1) is 0 Å². The van der Waals surface area contributed by atoms with E-state index in [9.17, 15) is 4.79 Å². The van der Waals surface area contributed by atoms with Crippen LogP contribution in [0.25, 0.3) is 0 Å².